The Labute approximate surface area is 71.1 Å². The average molecular weight is 173 g/mol. The van der Waals surface area contributed by atoms with E-state index in [1.54, 1.807) is 19.1 Å². The summed E-state index contributed by atoms with van der Waals surface area (Å²) in [4.78, 5) is 0. The molecule has 0 saturated heterocycles. The van der Waals surface area contributed by atoms with Crippen molar-refractivity contribution in [1.82, 2.24) is 0 Å². The Hall–Kier alpha value is -0.560. The molecule has 0 heterocycles. The summed E-state index contributed by atoms with van der Waals surface area (Å²) in [7, 11) is 0. The first-order chi connectivity index (χ1) is 5.13. The Bertz CT molecular complexity index is 238. The minimum atomic E-state index is -0.968. The van der Waals surface area contributed by atoms with Gasteiger partial charge in [-0.15, -0.1) is 0 Å². The van der Waals surface area contributed by atoms with Crippen molar-refractivity contribution >= 4 is 11.6 Å². The molecule has 1 aliphatic rings. The first-order valence-electron chi connectivity index (χ1n) is 3.49. The van der Waals surface area contributed by atoms with E-state index in [-0.39, 0.29) is 0 Å². The molecule has 1 atom stereocenters. The third-order valence-corrected chi connectivity index (χ3v) is 1.97. The summed E-state index contributed by atoms with van der Waals surface area (Å²) in [5.41, 5.74) is 1.26. The fourth-order valence-corrected chi connectivity index (χ4v) is 1.49. The molecule has 0 nitrogen and oxygen atoms in total. The van der Waals surface area contributed by atoms with Crippen molar-refractivity contribution < 1.29 is 4.39 Å². The quantitative estimate of drug-likeness (QED) is 0.569. The van der Waals surface area contributed by atoms with Crippen molar-refractivity contribution in [3.05, 3.63) is 34.9 Å². The number of halogens is 2. The van der Waals surface area contributed by atoms with E-state index < -0.39 is 6.17 Å². The molecule has 0 aromatic carbocycles. The maximum atomic E-state index is 13.1. The molecular formula is C9H10ClF. The van der Waals surface area contributed by atoms with Crippen LogP contribution in [-0.2, 0) is 0 Å². The highest BCUT2D eigenvalue weighted by Crippen LogP contribution is 2.29. The van der Waals surface area contributed by atoms with Crippen LogP contribution in [0.25, 0.3) is 0 Å². The van der Waals surface area contributed by atoms with Gasteiger partial charge >= 0.3 is 0 Å². The van der Waals surface area contributed by atoms with E-state index in [2.05, 4.69) is 6.58 Å². The lowest BCUT2D eigenvalue weighted by molar-refractivity contribution is 0.385. The summed E-state index contributed by atoms with van der Waals surface area (Å²) in [6, 6.07) is 0. The topological polar surface area (TPSA) is 0 Å². The number of alkyl halides is 1. The van der Waals surface area contributed by atoms with Crippen LogP contribution in [0, 0.1) is 0 Å². The molecular weight excluding hydrogens is 163 g/mol. The molecule has 1 rings (SSSR count). The second kappa shape index (κ2) is 3.22. The van der Waals surface area contributed by atoms with Crippen LogP contribution in [0.4, 0.5) is 4.39 Å². The van der Waals surface area contributed by atoms with E-state index in [4.69, 9.17) is 11.6 Å². The Morgan fingerprint density at radius 3 is 2.82 bits per heavy atom. The maximum absolute atomic E-state index is 13.1. The van der Waals surface area contributed by atoms with Crippen LogP contribution >= 0.6 is 11.6 Å². The minimum absolute atomic E-state index is 0.415. The largest absolute Gasteiger partial charge is 0.242 e. The van der Waals surface area contributed by atoms with Gasteiger partial charge < -0.3 is 0 Å². The highest BCUT2D eigenvalue weighted by Gasteiger charge is 2.18. The molecule has 1 unspecified atom stereocenters. The fourth-order valence-electron chi connectivity index (χ4n) is 1.12. The van der Waals surface area contributed by atoms with Crippen molar-refractivity contribution in [2.75, 3.05) is 0 Å². The standard InChI is InChI=1S/C9H10ClF/c1-6(2)9-7(10)4-3-5-8(9)11/h3-4,8H,1,5H2,2H3. The second-order valence-corrected chi connectivity index (χ2v) is 3.05. The zero-order valence-electron chi connectivity index (χ0n) is 6.40. The molecule has 60 valence electrons. The van der Waals surface area contributed by atoms with Gasteiger partial charge in [0, 0.05) is 17.0 Å². The predicted octanol–water partition coefficient (Wildman–Crippen LogP) is 3.35. The van der Waals surface area contributed by atoms with Crippen LogP contribution in [0.1, 0.15) is 13.3 Å². The third-order valence-electron chi connectivity index (χ3n) is 1.64. The Balaban J connectivity index is 3.01. The first kappa shape index (κ1) is 8.54. The van der Waals surface area contributed by atoms with Crippen LogP contribution < -0.4 is 0 Å². The molecule has 0 N–H and O–H groups in total. The van der Waals surface area contributed by atoms with Gasteiger partial charge in [0.05, 0.1) is 0 Å². The van der Waals surface area contributed by atoms with Crippen molar-refractivity contribution in [2.24, 2.45) is 0 Å². The Morgan fingerprint density at radius 1 is 1.82 bits per heavy atom. The van der Waals surface area contributed by atoms with Crippen molar-refractivity contribution in [3.8, 4) is 0 Å². The van der Waals surface area contributed by atoms with Gasteiger partial charge in [0.25, 0.3) is 0 Å². The summed E-state index contributed by atoms with van der Waals surface area (Å²) in [5.74, 6) is 0. The van der Waals surface area contributed by atoms with Crippen molar-refractivity contribution in [1.29, 1.82) is 0 Å². The van der Waals surface area contributed by atoms with Gasteiger partial charge in [0.1, 0.15) is 6.17 Å². The maximum Gasteiger partial charge on any atom is 0.130 e. The Kier molecular flexibility index (Phi) is 2.50. The second-order valence-electron chi connectivity index (χ2n) is 2.65. The highest BCUT2D eigenvalue weighted by atomic mass is 35.5. The van der Waals surface area contributed by atoms with Crippen LogP contribution in [-0.4, -0.2) is 6.17 Å². The van der Waals surface area contributed by atoms with E-state index in [9.17, 15) is 4.39 Å². The molecule has 0 radical (unpaired) electrons. The number of hydrogen-bond donors (Lipinski definition) is 0. The number of allylic oxidation sites excluding steroid dienone is 5. The molecule has 0 spiro atoms. The smallest absolute Gasteiger partial charge is 0.130 e. The molecule has 0 saturated carbocycles. The molecule has 0 fully saturated rings. The van der Waals surface area contributed by atoms with Gasteiger partial charge in [0.2, 0.25) is 0 Å². The molecule has 0 aromatic rings. The van der Waals surface area contributed by atoms with Gasteiger partial charge in [-0.25, -0.2) is 4.39 Å². The molecule has 0 aromatic heterocycles. The molecule has 11 heavy (non-hydrogen) atoms. The van der Waals surface area contributed by atoms with Crippen LogP contribution in [0.15, 0.2) is 34.9 Å². The van der Waals surface area contributed by atoms with Crippen molar-refractivity contribution in [3.63, 3.8) is 0 Å². The van der Waals surface area contributed by atoms with Crippen LogP contribution in [0.3, 0.4) is 0 Å². The van der Waals surface area contributed by atoms with Gasteiger partial charge in [-0.2, -0.15) is 0 Å². The SMILES string of the molecule is C=C(C)C1=C(Cl)C=CCC1F. The van der Waals surface area contributed by atoms with Crippen LogP contribution in [0.5, 0.6) is 0 Å². The first-order valence-corrected chi connectivity index (χ1v) is 3.87. The lowest BCUT2D eigenvalue weighted by Crippen LogP contribution is -2.08. The lowest BCUT2D eigenvalue weighted by atomic mass is 9.97. The zero-order valence-corrected chi connectivity index (χ0v) is 7.16. The summed E-state index contributed by atoms with van der Waals surface area (Å²) >= 11 is 5.76. The molecule has 0 aliphatic heterocycles. The number of rotatable bonds is 1. The minimum Gasteiger partial charge on any atom is -0.242 e. The summed E-state index contributed by atoms with van der Waals surface area (Å²) in [6.07, 6.45) is 2.91. The van der Waals surface area contributed by atoms with Gasteiger partial charge in [0.15, 0.2) is 0 Å². The number of hydrogen-bond acceptors (Lipinski definition) is 0. The zero-order chi connectivity index (χ0) is 8.43. The molecule has 2 heteroatoms. The molecule has 0 bridgehead atoms. The molecule has 0 amide bonds. The summed E-state index contributed by atoms with van der Waals surface area (Å²) < 4.78 is 13.1. The van der Waals surface area contributed by atoms with E-state index in [0.29, 0.717) is 22.6 Å². The fraction of sp³-hybridized carbons (Fsp3) is 0.333. The summed E-state index contributed by atoms with van der Waals surface area (Å²) in [5, 5.41) is 0.483. The lowest BCUT2D eigenvalue weighted by Gasteiger charge is -2.15. The monoisotopic (exact) mass is 172 g/mol. The van der Waals surface area contributed by atoms with Crippen molar-refractivity contribution in [2.45, 2.75) is 19.5 Å². The van der Waals surface area contributed by atoms with Gasteiger partial charge in [-0.3, -0.25) is 0 Å². The van der Waals surface area contributed by atoms with Gasteiger partial charge in [-0.05, 0) is 13.0 Å². The predicted molar refractivity (Wildman–Crippen MR) is 46.3 cm³/mol. The highest BCUT2D eigenvalue weighted by molar-refractivity contribution is 6.32. The van der Waals surface area contributed by atoms with E-state index in [0.717, 1.165) is 0 Å². The molecule has 1 aliphatic carbocycles. The van der Waals surface area contributed by atoms with Gasteiger partial charge in [-0.1, -0.05) is 29.8 Å². The van der Waals surface area contributed by atoms with Crippen LogP contribution in [0.2, 0.25) is 0 Å². The normalized spacial score (nSPS) is 24.1. The average Bonchev–Trinajstić information content (AvgIpc) is 1.85. The van der Waals surface area contributed by atoms with E-state index in [1.165, 1.54) is 0 Å². The summed E-state index contributed by atoms with van der Waals surface area (Å²) in [6.45, 7) is 5.43. The Morgan fingerprint density at radius 2 is 2.45 bits per heavy atom. The van der Waals surface area contributed by atoms with E-state index >= 15 is 0 Å². The third kappa shape index (κ3) is 1.72. The van der Waals surface area contributed by atoms with E-state index in [1.807, 2.05) is 0 Å².